The molecule has 8 heteroatoms. The molecular weight excluding hydrogens is 384 g/mol. The summed E-state index contributed by atoms with van der Waals surface area (Å²) < 4.78 is 0. The summed E-state index contributed by atoms with van der Waals surface area (Å²) >= 11 is 0. The normalized spacial score (nSPS) is 23.8. The van der Waals surface area contributed by atoms with Gasteiger partial charge in [-0.3, -0.25) is 19.6 Å². The molecule has 30 heavy (non-hydrogen) atoms. The van der Waals surface area contributed by atoms with Crippen molar-refractivity contribution in [3.05, 3.63) is 42.0 Å². The molecule has 0 radical (unpaired) electrons. The molecule has 0 spiro atoms. The number of hydrogen-bond donors (Lipinski definition) is 3. The zero-order valence-corrected chi connectivity index (χ0v) is 17.7. The molecule has 2 aliphatic rings. The van der Waals surface area contributed by atoms with Crippen molar-refractivity contribution in [1.82, 2.24) is 20.6 Å². The van der Waals surface area contributed by atoms with Crippen molar-refractivity contribution in [2.24, 2.45) is 11.8 Å². The van der Waals surface area contributed by atoms with E-state index in [9.17, 15) is 19.6 Å². The second-order valence-electron chi connectivity index (χ2n) is 8.28. The van der Waals surface area contributed by atoms with Crippen LogP contribution in [0, 0.1) is 11.8 Å². The van der Waals surface area contributed by atoms with Gasteiger partial charge in [-0.2, -0.15) is 0 Å². The zero-order chi connectivity index (χ0) is 21.8. The number of piperidine rings is 1. The maximum absolute atomic E-state index is 13.2. The number of hydrogen-bond acceptors (Lipinski definition) is 5. The number of likely N-dealkylation sites (N-methyl/N-ethyl adjacent to an activating group) is 1. The van der Waals surface area contributed by atoms with Crippen molar-refractivity contribution in [2.75, 3.05) is 26.7 Å². The van der Waals surface area contributed by atoms with Gasteiger partial charge in [-0.15, -0.1) is 0 Å². The van der Waals surface area contributed by atoms with Gasteiger partial charge in [0.15, 0.2) is 0 Å². The highest BCUT2D eigenvalue weighted by molar-refractivity contribution is 5.92. The summed E-state index contributed by atoms with van der Waals surface area (Å²) in [6, 6.07) is 8.89. The quantitative estimate of drug-likeness (QED) is 0.490. The van der Waals surface area contributed by atoms with Gasteiger partial charge < -0.3 is 15.1 Å². The van der Waals surface area contributed by atoms with Gasteiger partial charge >= 0.3 is 0 Å². The molecular formula is C22H30N4O4. The maximum atomic E-state index is 13.2. The van der Waals surface area contributed by atoms with E-state index in [4.69, 9.17) is 0 Å². The Hall–Kier alpha value is -2.71. The number of hydroxylamine groups is 1. The highest BCUT2D eigenvalue weighted by Crippen LogP contribution is 2.26. The number of benzene rings is 1. The number of carbonyl (C=O) groups is 3. The van der Waals surface area contributed by atoms with E-state index in [2.05, 4.69) is 5.32 Å². The summed E-state index contributed by atoms with van der Waals surface area (Å²) in [5.74, 6) is -1.75. The third kappa shape index (κ3) is 4.55. The minimum absolute atomic E-state index is 0.0222. The van der Waals surface area contributed by atoms with Crippen LogP contribution in [0.15, 0.2) is 36.4 Å². The smallest absolute Gasteiger partial charge is 0.248 e. The van der Waals surface area contributed by atoms with Crippen molar-refractivity contribution < 1.29 is 19.6 Å². The van der Waals surface area contributed by atoms with E-state index in [-0.39, 0.29) is 23.8 Å². The van der Waals surface area contributed by atoms with Crippen LogP contribution in [-0.2, 0) is 14.4 Å². The van der Waals surface area contributed by atoms with Gasteiger partial charge in [0.05, 0.1) is 12.0 Å². The van der Waals surface area contributed by atoms with Crippen LogP contribution in [-0.4, -0.2) is 71.5 Å². The van der Waals surface area contributed by atoms with E-state index in [0.717, 1.165) is 11.1 Å². The number of amides is 3. The summed E-state index contributed by atoms with van der Waals surface area (Å²) in [6.07, 6.45) is 2.33. The minimum Gasteiger partial charge on any atom is -0.341 e. The molecule has 3 N–H and O–H groups in total. The molecule has 0 aliphatic carbocycles. The highest BCUT2D eigenvalue weighted by atomic mass is 16.5. The van der Waals surface area contributed by atoms with Crippen LogP contribution >= 0.6 is 0 Å². The lowest BCUT2D eigenvalue weighted by molar-refractivity contribution is -0.146. The van der Waals surface area contributed by atoms with E-state index >= 15 is 0 Å². The molecule has 162 valence electrons. The molecule has 1 aromatic rings. The molecule has 0 bridgehead atoms. The second kappa shape index (κ2) is 9.40. The second-order valence-corrected chi connectivity index (χ2v) is 8.28. The monoisotopic (exact) mass is 414 g/mol. The summed E-state index contributed by atoms with van der Waals surface area (Å²) in [5.41, 5.74) is 3.83. The van der Waals surface area contributed by atoms with E-state index in [1.165, 1.54) is 0 Å². The first-order valence-electron chi connectivity index (χ1n) is 10.3. The molecule has 3 amide bonds. The molecule has 2 heterocycles. The summed E-state index contributed by atoms with van der Waals surface area (Å²) in [7, 11) is 1.71. The standard InChI is InChI=1S/C22H30N4O4/c1-14(2)21(28)25(3)17-11-18(20(27)24-30)19(23-12-17)22(29)26-10-9-16(13-26)15-7-5-4-6-8-15/h4-9,14,17-19,23,30H,10-13H2,1-3H3,(H,24,27). The predicted octanol–water partition coefficient (Wildman–Crippen LogP) is 0.879. The highest BCUT2D eigenvalue weighted by Gasteiger charge is 2.43. The Bertz CT molecular complexity index is 824. The van der Waals surface area contributed by atoms with Crippen LogP contribution in [0.1, 0.15) is 25.8 Å². The van der Waals surface area contributed by atoms with Crippen LogP contribution in [0.5, 0.6) is 0 Å². The number of nitrogens with zero attached hydrogens (tertiary/aromatic N) is 2. The SMILES string of the molecule is CC(C)C(=O)N(C)C1CNC(C(=O)N2CC=C(c3ccccc3)C2)C(C(=O)NO)C1. The summed E-state index contributed by atoms with van der Waals surface area (Å²) in [4.78, 5) is 41.3. The Kier molecular flexibility index (Phi) is 6.89. The van der Waals surface area contributed by atoms with Gasteiger partial charge in [-0.25, -0.2) is 5.48 Å². The molecule has 8 nitrogen and oxygen atoms in total. The lowest BCUT2D eigenvalue weighted by Crippen LogP contribution is -2.62. The van der Waals surface area contributed by atoms with Gasteiger partial charge in [-0.1, -0.05) is 50.3 Å². The fourth-order valence-electron chi connectivity index (χ4n) is 4.18. The minimum atomic E-state index is -0.774. The largest absolute Gasteiger partial charge is 0.341 e. The molecule has 1 fully saturated rings. The predicted molar refractivity (Wildman–Crippen MR) is 112 cm³/mol. The number of rotatable bonds is 5. The summed E-state index contributed by atoms with van der Waals surface area (Å²) in [6.45, 7) is 5.01. The number of nitrogens with one attached hydrogen (secondary N) is 2. The van der Waals surface area contributed by atoms with Gasteiger partial charge in [-0.05, 0) is 17.6 Å². The molecule has 3 rings (SSSR count). The lowest BCUT2D eigenvalue weighted by Gasteiger charge is -2.40. The zero-order valence-electron chi connectivity index (χ0n) is 17.7. The molecule has 0 aromatic heterocycles. The molecule has 1 saturated heterocycles. The first kappa shape index (κ1) is 22.0. The first-order valence-corrected chi connectivity index (χ1v) is 10.3. The fourth-order valence-corrected chi connectivity index (χ4v) is 4.18. The molecule has 1 aromatic carbocycles. The van der Waals surface area contributed by atoms with Gasteiger partial charge in [0.25, 0.3) is 0 Å². The van der Waals surface area contributed by atoms with Crippen molar-refractivity contribution in [3.8, 4) is 0 Å². The van der Waals surface area contributed by atoms with Crippen LogP contribution in [0.25, 0.3) is 5.57 Å². The fraction of sp³-hybridized carbons (Fsp3) is 0.500. The maximum Gasteiger partial charge on any atom is 0.248 e. The van der Waals surface area contributed by atoms with Gasteiger partial charge in [0.1, 0.15) is 0 Å². The van der Waals surface area contributed by atoms with Crippen molar-refractivity contribution in [2.45, 2.75) is 32.4 Å². The van der Waals surface area contributed by atoms with E-state index in [0.29, 0.717) is 26.1 Å². The van der Waals surface area contributed by atoms with Crippen LogP contribution in [0.2, 0.25) is 0 Å². The Morgan fingerprint density at radius 3 is 2.57 bits per heavy atom. The van der Waals surface area contributed by atoms with Gasteiger partial charge in [0, 0.05) is 38.6 Å². The Labute approximate surface area is 176 Å². The van der Waals surface area contributed by atoms with Crippen molar-refractivity contribution >= 4 is 23.3 Å². The van der Waals surface area contributed by atoms with Crippen molar-refractivity contribution in [3.63, 3.8) is 0 Å². The van der Waals surface area contributed by atoms with Crippen LogP contribution in [0.3, 0.4) is 0 Å². The Balaban J connectivity index is 1.70. The number of carbonyl (C=O) groups excluding carboxylic acids is 3. The lowest BCUT2D eigenvalue weighted by atomic mass is 9.85. The third-order valence-corrected chi connectivity index (χ3v) is 5.98. The average molecular weight is 415 g/mol. The Morgan fingerprint density at radius 1 is 1.23 bits per heavy atom. The van der Waals surface area contributed by atoms with Gasteiger partial charge in [0.2, 0.25) is 17.7 Å². The van der Waals surface area contributed by atoms with E-state index in [1.54, 1.807) is 22.3 Å². The van der Waals surface area contributed by atoms with E-state index < -0.39 is 17.9 Å². The topological polar surface area (TPSA) is 102 Å². The average Bonchev–Trinajstić information content (AvgIpc) is 3.27. The Morgan fingerprint density at radius 2 is 1.93 bits per heavy atom. The first-order chi connectivity index (χ1) is 14.3. The van der Waals surface area contributed by atoms with E-state index in [1.807, 2.05) is 50.3 Å². The van der Waals surface area contributed by atoms with Crippen LogP contribution in [0.4, 0.5) is 0 Å². The molecule has 2 aliphatic heterocycles. The van der Waals surface area contributed by atoms with Crippen molar-refractivity contribution in [1.29, 1.82) is 0 Å². The molecule has 3 unspecified atom stereocenters. The third-order valence-electron chi connectivity index (χ3n) is 5.98. The van der Waals surface area contributed by atoms with Crippen LogP contribution < -0.4 is 10.8 Å². The summed E-state index contributed by atoms with van der Waals surface area (Å²) in [5, 5.41) is 12.4. The molecule has 3 atom stereocenters. The molecule has 0 saturated carbocycles.